The van der Waals surface area contributed by atoms with Gasteiger partial charge in [-0.3, -0.25) is 0 Å². The minimum Gasteiger partial charge on any atom is -0.314 e. The molecule has 0 aliphatic heterocycles. The van der Waals surface area contributed by atoms with E-state index >= 15 is 0 Å². The quantitative estimate of drug-likeness (QED) is 0.825. The van der Waals surface area contributed by atoms with E-state index in [1.165, 1.54) is 37.7 Å². The standard InChI is InChI=1S/C17H27N/c1-3-14-10-11-17(18-4-2)16(12-14)13-15-8-6-5-7-9-15/h5-9,14,16-18H,3-4,10-13H2,1-2H3. The minimum absolute atomic E-state index is 0.734. The summed E-state index contributed by atoms with van der Waals surface area (Å²) in [5, 5.41) is 3.70. The van der Waals surface area contributed by atoms with Crippen molar-refractivity contribution < 1.29 is 0 Å². The third-order valence-corrected chi connectivity index (χ3v) is 4.48. The normalized spacial score (nSPS) is 28.2. The van der Waals surface area contributed by atoms with Crippen molar-refractivity contribution in [2.75, 3.05) is 6.54 Å². The fourth-order valence-corrected chi connectivity index (χ4v) is 3.41. The molecule has 0 amide bonds. The second-order valence-corrected chi connectivity index (χ2v) is 5.70. The second kappa shape index (κ2) is 6.94. The Morgan fingerprint density at radius 1 is 1.11 bits per heavy atom. The van der Waals surface area contributed by atoms with E-state index in [2.05, 4.69) is 49.5 Å². The van der Waals surface area contributed by atoms with E-state index < -0.39 is 0 Å². The monoisotopic (exact) mass is 245 g/mol. The van der Waals surface area contributed by atoms with E-state index in [0.29, 0.717) is 0 Å². The van der Waals surface area contributed by atoms with E-state index in [4.69, 9.17) is 0 Å². The summed E-state index contributed by atoms with van der Waals surface area (Å²) in [4.78, 5) is 0. The Morgan fingerprint density at radius 3 is 2.56 bits per heavy atom. The van der Waals surface area contributed by atoms with Crippen molar-refractivity contribution in [3.8, 4) is 0 Å². The highest BCUT2D eigenvalue weighted by Gasteiger charge is 2.29. The van der Waals surface area contributed by atoms with E-state index in [-0.39, 0.29) is 0 Å². The molecule has 0 bridgehead atoms. The maximum absolute atomic E-state index is 3.70. The SMILES string of the molecule is CCNC1CCC(CC)CC1Cc1ccccc1. The Hall–Kier alpha value is -0.820. The largest absolute Gasteiger partial charge is 0.314 e. The first-order valence-electron chi connectivity index (χ1n) is 7.60. The molecular weight excluding hydrogens is 218 g/mol. The topological polar surface area (TPSA) is 12.0 Å². The molecule has 3 atom stereocenters. The summed E-state index contributed by atoms with van der Waals surface area (Å²) in [7, 11) is 0. The first kappa shape index (κ1) is 13.6. The van der Waals surface area contributed by atoms with Gasteiger partial charge in [0.25, 0.3) is 0 Å². The first-order chi connectivity index (χ1) is 8.83. The molecule has 18 heavy (non-hydrogen) atoms. The van der Waals surface area contributed by atoms with Crippen LogP contribution in [0, 0.1) is 11.8 Å². The number of hydrogen-bond donors (Lipinski definition) is 1. The van der Waals surface area contributed by atoms with Gasteiger partial charge in [0.15, 0.2) is 0 Å². The van der Waals surface area contributed by atoms with Gasteiger partial charge in [-0.1, -0.05) is 50.6 Å². The average Bonchev–Trinajstić information content (AvgIpc) is 2.42. The van der Waals surface area contributed by atoms with Crippen molar-refractivity contribution in [3.05, 3.63) is 35.9 Å². The van der Waals surface area contributed by atoms with Crippen molar-refractivity contribution in [1.29, 1.82) is 0 Å². The molecule has 0 saturated heterocycles. The highest BCUT2D eigenvalue weighted by Crippen LogP contribution is 2.33. The number of rotatable bonds is 5. The molecule has 1 saturated carbocycles. The Kier molecular flexibility index (Phi) is 5.25. The molecule has 0 spiro atoms. The predicted octanol–water partition coefficient (Wildman–Crippen LogP) is 4.03. The van der Waals surface area contributed by atoms with Gasteiger partial charge in [-0.05, 0) is 49.6 Å². The fourth-order valence-electron chi connectivity index (χ4n) is 3.41. The van der Waals surface area contributed by atoms with Crippen LogP contribution in [0.2, 0.25) is 0 Å². The van der Waals surface area contributed by atoms with Gasteiger partial charge in [-0.15, -0.1) is 0 Å². The van der Waals surface area contributed by atoms with Gasteiger partial charge in [0, 0.05) is 6.04 Å². The molecule has 1 N–H and O–H groups in total. The van der Waals surface area contributed by atoms with Gasteiger partial charge >= 0.3 is 0 Å². The maximum Gasteiger partial charge on any atom is 0.00985 e. The second-order valence-electron chi connectivity index (χ2n) is 5.70. The van der Waals surface area contributed by atoms with Crippen LogP contribution < -0.4 is 5.32 Å². The summed E-state index contributed by atoms with van der Waals surface area (Å²) in [5.41, 5.74) is 1.50. The Bertz CT molecular complexity index is 333. The lowest BCUT2D eigenvalue weighted by Crippen LogP contribution is -2.41. The van der Waals surface area contributed by atoms with E-state index in [1.54, 1.807) is 0 Å². The lowest BCUT2D eigenvalue weighted by molar-refractivity contribution is 0.200. The molecule has 1 fully saturated rings. The van der Waals surface area contributed by atoms with Gasteiger partial charge in [-0.25, -0.2) is 0 Å². The van der Waals surface area contributed by atoms with Crippen LogP contribution in [0.3, 0.4) is 0 Å². The van der Waals surface area contributed by atoms with Crippen LogP contribution in [-0.4, -0.2) is 12.6 Å². The summed E-state index contributed by atoms with van der Waals surface area (Å²) >= 11 is 0. The van der Waals surface area contributed by atoms with Crippen molar-refractivity contribution in [3.63, 3.8) is 0 Å². The summed E-state index contributed by atoms with van der Waals surface area (Å²) in [6.07, 6.45) is 6.78. The maximum atomic E-state index is 3.70. The van der Waals surface area contributed by atoms with Crippen LogP contribution in [0.1, 0.15) is 45.1 Å². The van der Waals surface area contributed by atoms with Gasteiger partial charge in [0.2, 0.25) is 0 Å². The molecule has 1 aliphatic carbocycles. The molecule has 100 valence electrons. The van der Waals surface area contributed by atoms with Crippen molar-refractivity contribution in [2.24, 2.45) is 11.8 Å². The summed E-state index contributed by atoms with van der Waals surface area (Å²) in [5.74, 6) is 1.78. The highest BCUT2D eigenvalue weighted by molar-refractivity contribution is 5.16. The van der Waals surface area contributed by atoms with E-state index in [1.807, 2.05) is 0 Å². The van der Waals surface area contributed by atoms with Crippen molar-refractivity contribution >= 4 is 0 Å². The Labute approximate surface area is 112 Å². The number of nitrogens with one attached hydrogen (secondary N) is 1. The van der Waals surface area contributed by atoms with Crippen molar-refractivity contribution in [1.82, 2.24) is 5.32 Å². The Morgan fingerprint density at radius 2 is 1.89 bits per heavy atom. The smallest absolute Gasteiger partial charge is 0.00985 e. The molecule has 0 aromatic heterocycles. The summed E-state index contributed by atoms with van der Waals surface area (Å²) in [6.45, 7) is 5.68. The first-order valence-corrected chi connectivity index (χ1v) is 7.60. The lowest BCUT2D eigenvalue weighted by atomic mass is 9.74. The number of hydrogen-bond acceptors (Lipinski definition) is 1. The summed E-state index contributed by atoms with van der Waals surface area (Å²) in [6, 6.07) is 11.7. The zero-order valence-corrected chi connectivity index (χ0v) is 11.9. The van der Waals surface area contributed by atoms with Crippen LogP contribution >= 0.6 is 0 Å². The molecule has 1 aromatic rings. The van der Waals surface area contributed by atoms with Gasteiger partial charge in [-0.2, -0.15) is 0 Å². The zero-order chi connectivity index (χ0) is 12.8. The number of benzene rings is 1. The molecule has 1 aromatic carbocycles. The zero-order valence-electron chi connectivity index (χ0n) is 11.9. The lowest BCUT2D eigenvalue weighted by Gasteiger charge is -2.36. The van der Waals surface area contributed by atoms with Gasteiger partial charge in [0.05, 0.1) is 0 Å². The van der Waals surface area contributed by atoms with Gasteiger partial charge < -0.3 is 5.32 Å². The van der Waals surface area contributed by atoms with Crippen LogP contribution in [0.4, 0.5) is 0 Å². The molecule has 1 heteroatoms. The third kappa shape index (κ3) is 3.58. The van der Waals surface area contributed by atoms with Crippen LogP contribution in [0.5, 0.6) is 0 Å². The van der Waals surface area contributed by atoms with Crippen LogP contribution in [0.15, 0.2) is 30.3 Å². The molecule has 1 nitrogen and oxygen atoms in total. The molecule has 0 radical (unpaired) electrons. The summed E-state index contributed by atoms with van der Waals surface area (Å²) < 4.78 is 0. The molecule has 0 heterocycles. The van der Waals surface area contributed by atoms with E-state index in [9.17, 15) is 0 Å². The van der Waals surface area contributed by atoms with Gasteiger partial charge in [0.1, 0.15) is 0 Å². The predicted molar refractivity (Wildman–Crippen MR) is 78.7 cm³/mol. The van der Waals surface area contributed by atoms with Crippen LogP contribution in [0.25, 0.3) is 0 Å². The molecule has 3 unspecified atom stereocenters. The fraction of sp³-hybridized carbons (Fsp3) is 0.647. The van der Waals surface area contributed by atoms with Crippen molar-refractivity contribution in [2.45, 2.75) is 52.0 Å². The minimum atomic E-state index is 0.734. The van der Waals surface area contributed by atoms with Crippen LogP contribution in [-0.2, 0) is 6.42 Å². The molecule has 1 aliphatic rings. The Balaban J connectivity index is 2.00. The average molecular weight is 245 g/mol. The molecular formula is C17H27N. The highest BCUT2D eigenvalue weighted by atomic mass is 14.9. The van der Waals surface area contributed by atoms with E-state index in [0.717, 1.165) is 24.4 Å². The molecule has 2 rings (SSSR count). The third-order valence-electron chi connectivity index (χ3n) is 4.48.